The Bertz CT molecular complexity index is 711. The van der Waals surface area contributed by atoms with Gasteiger partial charge in [-0.05, 0) is 50.3 Å². The van der Waals surface area contributed by atoms with Gasteiger partial charge in [-0.2, -0.15) is 0 Å². The van der Waals surface area contributed by atoms with Crippen molar-refractivity contribution >= 4 is 11.6 Å². The van der Waals surface area contributed by atoms with Gasteiger partial charge in [-0.15, -0.1) is 0 Å². The van der Waals surface area contributed by atoms with Crippen molar-refractivity contribution in [2.24, 2.45) is 0 Å². The minimum absolute atomic E-state index is 0.0349. The second-order valence-corrected chi connectivity index (χ2v) is 6.77. The van der Waals surface area contributed by atoms with Crippen molar-refractivity contribution in [2.45, 2.75) is 50.7 Å². The van der Waals surface area contributed by atoms with Gasteiger partial charge < -0.3 is 14.6 Å². The number of fused-ring (bicyclic) bond motifs is 3. The summed E-state index contributed by atoms with van der Waals surface area (Å²) in [5.74, 6) is 0.0349. The highest BCUT2D eigenvalue weighted by atomic mass is 16.2. The first-order chi connectivity index (χ1) is 10.6. The van der Waals surface area contributed by atoms with Crippen molar-refractivity contribution < 1.29 is 4.79 Å². The summed E-state index contributed by atoms with van der Waals surface area (Å²) >= 11 is 0. The number of pyridine rings is 1. The molecule has 2 unspecified atom stereocenters. The third-order valence-corrected chi connectivity index (χ3v) is 5.15. The normalized spacial score (nSPS) is 27.3. The topological polar surface area (TPSA) is 49.6 Å². The summed E-state index contributed by atoms with van der Waals surface area (Å²) in [5, 5.41) is 3.62. The standard InChI is InChI=1S/C17H22N4O/c1-11-5-6-21-10-15(19-16(21)7-11)17(22)20(2)14-8-12-3-4-13(9-14)18-12/h5-7,10,12-14,18H,3-4,8-9H2,1-2H3. The van der Waals surface area contributed by atoms with Crippen LogP contribution in [0.15, 0.2) is 24.5 Å². The van der Waals surface area contributed by atoms with Gasteiger partial charge in [-0.1, -0.05) is 0 Å². The predicted molar refractivity (Wildman–Crippen MR) is 85.0 cm³/mol. The molecule has 2 saturated heterocycles. The number of nitrogens with zero attached hydrogens (tertiary/aromatic N) is 3. The number of rotatable bonds is 2. The first kappa shape index (κ1) is 13.8. The third-order valence-electron chi connectivity index (χ3n) is 5.15. The van der Waals surface area contributed by atoms with Gasteiger partial charge in [0.05, 0.1) is 0 Å². The van der Waals surface area contributed by atoms with Crippen molar-refractivity contribution in [2.75, 3.05) is 7.05 Å². The van der Waals surface area contributed by atoms with Gasteiger partial charge in [0, 0.05) is 37.6 Å². The summed E-state index contributed by atoms with van der Waals surface area (Å²) in [6.45, 7) is 2.03. The smallest absolute Gasteiger partial charge is 0.274 e. The fourth-order valence-electron chi connectivity index (χ4n) is 3.88. The van der Waals surface area contributed by atoms with E-state index in [1.807, 2.05) is 47.8 Å². The molecule has 5 heteroatoms. The second kappa shape index (κ2) is 5.09. The number of nitrogens with one attached hydrogen (secondary N) is 1. The molecule has 5 nitrogen and oxygen atoms in total. The summed E-state index contributed by atoms with van der Waals surface area (Å²) in [5.41, 5.74) is 2.53. The van der Waals surface area contributed by atoms with Crippen molar-refractivity contribution in [3.05, 3.63) is 35.8 Å². The maximum Gasteiger partial charge on any atom is 0.274 e. The molecule has 2 bridgehead atoms. The van der Waals surface area contributed by atoms with Gasteiger partial charge in [0.1, 0.15) is 11.3 Å². The zero-order valence-electron chi connectivity index (χ0n) is 13.1. The van der Waals surface area contributed by atoms with E-state index in [0.29, 0.717) is 23.8 Å². The number of hydrogen-bond acceptors (Lipinski definition) is 3. The monoisotopic (exact) mass is 298 g/mol. The summed E-state index contributed by atoms with van der Waals surface area (Å²) in [6, 6.07) is 5.53. The van der Waals surface area contributed by atoms with Gasteiger partial charge in [-0.25, -0.2) is 4.98 Å². The molecule has 2 aromatic rings. The molecule has 4 heterocycles. The predicted octanol–water partition coefficient (Wildman–Crippen LogP) is 2.00. The Balaban J connectivity index is 1.56. The zero-order chi connectivity index (χ0) is 15.3. The molecule has 4 rings (SSSR count). The molecule has 2 atom stereocenters. The minimum atomic E-state index is 0.0349. The Morgan fingerprint density at radius 2 is 2.09 bits per heavy atom. The van der Waals surface area contributed by atoms with Gasteiger partial charge in [-0.3, -0.25) is 4.79 Å². The van der Waals surface area contributed by atoms with Crippen LogP contribution in [0.5, 0.6) is 0 Å². The van der Waals surface area contributed by atoms with Crippen LogP contribution >= 0.6 is 0 Å². The lowest BCUT2D eigenvalue weighted by Crippen LogP contribution is -2.48. The fourth-order valence-corrected chi connectivity index (χ4v) is 3.88. The molecule has 0 saturated carbocycles. The Hall–Kier alpha value is -1.88. The Morgan fingerprint density at radius 1 is 1.36 bits per heavy atom. The molecule has 2 aliphatic rings. The maximum absolute atomic E-state index is 12.8. The first-order valence-corrected chi connectivity index (χ1v) is 8.09. The van der Waals surface area contributed by atoms with E-state index in [1.54, 1.807) is 0 Å². The van der Waals surface area contributed by atoms with E-state index in [-0.39, 0.29) is 5.91 Å². The van der Waals surface area contributed by atoms with Gasteiger partial charge in [0.2, 0.25) is 0 Å². The van der Waals surface area contributed by atoms with Crippen LogP contribution in [0, 0.1) is 6.92 Å². The van der Waals surface area contributed by atoms with Gasteiger partial charge >= 0.3 is 0 Å². The number of carbonyl (C=O) groups excluding carboxylic acids is 1. The van der Waals surface area contributed by atoms with Crippen LogP contribution in [-0.2, 0) is 0 Å². The molecule has 1 N–H and O–H groups in total. The molecule has 0 radical (unpaired) electrons. The van der Waals surface area contributed by atoms with Crippen LogP contribution in [0.4, 0.5) is 0 Å². The van der Waals surface area contributed by atoms with Crippen LogP contribution < -0.4 is 5.32 Å². The van der Waals surface area contributed by atoms with E-state index in [9.17, 15) is 4.79 Å². The highest BCUT2D eigenvalue weighted by Crippen LogP contribution is 2.29. The van der Waals surface area contributed by atoms with E-state index in [1.165, 1.54) is 12.8 Å². The summed E-state index contributed by atoms with van der Waals surface area (Å²) < 4.78 is 1.92. The Kier molecular flexibility index (Phi) is 3.18. The lowest BCUT2D eigenvalue weighted by molar-refractivity contribution is 0.0676. The van der Waals surface area contributed by atoms with E-state index < -0.39 is 0 Å². The van der Waals surface area contributed by atoms with Crippen molar-refractivity contribution in [3.8, 4) is 0 Å². The molecule has 2 aliphatic heterocycles. The molecule has 0 spiro atoms. The minimum Gasteiger partial charge on any atom is -0.337 e. The Labute approximate surface area is 130 Å². The van der Waals surface area contributed by atoms with E-state index in [4.69, 9.17) is 0 Å². The van der Waals surface area contributed by atoms with Gasteiger partial charge in [0.25, 0.3) is 5.91 Å². The molecule has 1 amide bonds. The molecule has 2 fully saturated rings. The summed E-state index contributed by atoms with van der Waals surface area (Å²) in [6.07, 6.45) is 8.41. The molecule has 0 aromatic carbocycles. The summed E-state index contributed by atoms with van der Waals surface area (Å²) in [4.78, 5) is 19.2. The number of hydrogen-bond donors (Lipinski definition) is 1. The quantitative estimate of drug-likeness (QED) is 0.922. The SMILES string of the molecule is Cc1ccn2cc(C(=O)N(C)C3CC4CCC(C3)N4)nc2c1. The van der Waals surface area contributed by atoms with Crippen LogP contribution in [0.2, 0.25) is 0 Å². The molecule has 2 aromatic heterocycles. The van der Waals surface area contributed by atoms with Crippen molar-refractivity contribution in [3.63, 3.8) is 0 Å². The molecule has 22 heavy (non-hydrogen) atoms. The highest BCUT2D eigenvalue weighted by molar-refractivity contribution is 5.93. The number of amides is 1. The van der Waals surface area contributed by atoms with Crippen molar-refractivity contribution in [1.29, 1.82) is 0 Å². The van der Waals surface area contributed by atoms with Crippen LogP contribution in [0.25, 0.3) is 5.65 Å². The highest BCUT2D eigenvalue weighted by Gasteiger charge is 2.36. The number of aromatic nitrogens is 2. The second-order valence-electron chi connectivity index (χ2n) is 6.77. The first-order valence-electron chi connectivity index (χ1n) is 8.09. The van der Waals surface area contributed by atoms with Gasteiger partial charge in [0.15, 0.2) is 0 Å². The molecular formula is C17H22N4O. The zero-order valence-corrected chi connectivity index (χ0v) is 13.1. The Morgan fingerprint density at radius 3 is 2.82 bits per heavy atom. The number of aryl methyl sites for hydroxylation is 1. The van der Waals surface area contributed by atoms with Crippen LogP contribution in [-0.4, -0.2) is 45.4 Å². The van der Waals surface area contributed by atoms with Crippen LogP contribution in [0.3, 0.4) is 0 Å². The fraction of sp³-hybridized carbons (Fsp3) is 0.529. The number of imidazole rings is 1. The molecule has 0 aliphatic carbocycles. The summed E-state index contributed by atoms with van der Waals surface area (Å²) in [7, 11) is 1.92. The number of piperidine rings is 1. The molecule has 116 valence electrons. The lowest BCUT2D eigenvalue weighted by Gasteiger charge is -2.35. The maximum atomic E-state index is 12.8. The van der Waals surface area contributed by atoms with E-state index >= 15 is 0 Å². The third kappa shape index (κ3) is 2.29. The lowest BCUT2D eigenvalue weighted by atomic mass is 9.98. The van der Waals surface area contributed by atoms with Crippen molar-refractivity contribution in [1.82, 2.24) is 19.6 Å². The van der Waals surface area contributed by atoms with Crippen LogP contribution in [0.1, 0.15) is 41.7 Å². The largest absolute Gasteiger partial charge is 0.337 e. The molecular weight excluding hydrogens is 276 g/mol. The van der Waals surface area contributed by atoms with E-state index in [2.05, 4.69) is 10.3 Å². The number of carbonyl (C=O) groups is 1. The average molecular weight is 298 g/mol. The van der Waals surface area contributed by atoms with E-state index in [0.717, 1.165) is 24.1 Å². The average Bonchev–Trinajstić information content (AvgIpc) is 3.08.